The Kier molecular flexibility index (Phi) is 15.0. The molecule has 0 spiro atoms. The van der Waals surface area contributed by atoms with Gasteiger partial charge in [0.05, 0.1) is 0 Å². The highest BCUT2D eigenvalue weighted by Gasteiger charge is 2.24. The number of rotatable bonds is 13. The van der Waals surface area contributed by atoms with Crippen molar-refractivity contribution in [1.82, 2.24) is 4.90 Å². The summed E-state index contributed by atoms with van der Waals surface area (Å²) in [5, 5.41) is 8.63. The summed E-state index contributed by atoms with van der Waals surface area (Å²) in [6, 6.07) is 0. The molecule has 1 saturated heterocycles. The van der Waals surface area contributed by atoms with Gasteiger partial charge in [-0.25, -0.2) is 4.79 Å². The van der Waals surface area contributed by atoms with Gasteiger partial charge in [-0.05, 0) is 31.6 Å². The number of nitrogens with zero attached hydrogens (tertiary/aromatic N) is 1. The summed E-state index contributed by atoms with van der Waals surface area (Å²) in [6.07, 6.45) is 20.3. The fourth-order valence-electron chi connectivity index (χ4n) is 4.43. The smallest absolute Gasteiger partial charge is 0.331 e. The number of amides is 2. The van der Waals surface area contributed by atoms with E-state index in [0.29, 0.717) is 25.0 Å². The van der Waals surface area contributed by atoms with Crippen molar-refractivity contribution in [3.05, 3.63) is 12.2 Å². The predicted octanol–water partition coefficient (Wildman–Crippen LogP) is 6.65. The van der Waals surface area contributed by atoms with Gasteiger partial charge in [-0.3, -0.25) is 14.5 Å². The number of carboxylic acids is 1. The number of hydrogen-bond donors (Lipinski definition) is 1. The summed E-state index contributed by atoms with van der Waals surface area (Å²) in [5.41, 5.74) is 0.407. The van der Waals surface area contributed by atoms with E-state index in [1.54, 1.807) is 0 Å². The van der Waals surface area contributed by atoms with E-state index in [9.17, 15) is 14.4 Å². The molecule has 1 saturated carbocycles. The molecule has 2 aliphatic rings. The van der Waals surface area contributed by atoms with Gasteiger partial charge in [-0.2, -0.15) is 0 Å². The molecule has 5 heteroatoms. The van der Waals surface area contributed by atoms with Crippen molar-refractivity contribution < 1.29 is 19.5 Å². The van der Waals surface area contributed by atoms with Gasteiger partial charge < -0.3 is 5.11 Å². The Hall–Kier alpha value is -1.65. The molecular weight excluding hydrogens is 390 g/mol. The first-order valence-electron chi connectivity index (χ1n) is 12.7. The number of likely N-dealkylation sites (tertiary alicyclic amines) is 1. The predicted molar refractivity (Wildman–Crippen MR) is 126 cm³/mol. The quantitative estimate of drug-likeness (QED) is 0.199. The maximum Gasteiger partial charge on any atom is 0.331 e. The molecule has 2 amide bonds. The van der Waals surface area contributed by atoms with Crippen LogP contribution >= 0.6 is 0 Å². The minimum absolute atomic E-state index is 0.0391. The number of carboxylic acid groups (broad SMARTS) is 1. The van der Waals surface area contributed by atoms with Crippen molar-refractivity contribution >= 4 is 17.8 Å². The second-order valence-corrected chi connectivity index (χ2v) is 9.14. The van der Waals surface area contributed by atoms with Crippen molar-refractivity contribution in [1.29, 1.82) is 0 Å². The number of aliphatic carboxylic acids is 1. The summed E-state index contributed by atoms with van der Waals surface area (Å²) < 4.78 is 0. The Morgan fingerprint density at radius 1 is 0.839 bits per heavy atom. The number of hydrogen-bond acceptors (Lipinski definition) is 3. The highest BCUT2D eigenvalue weighted by Crippen LogP contribution is 2.28. The fourth-order valence-corrected chi connectivity index (χ4v) is 4.43. The van der Waals surface area contributed by atoms with Crippen LogP contribution in [0.1, 0.15) is 122 Å². The van der Waals surface area contributed by atoms with Crippen LogP contribution in [0.5, 0.6) is 0 Å². The van der Waals surface area contributed by atoms with Crippen LogP contribution in [0.25, 0.3) is 0 Å². The molecule has 0 aromatic heterocycles. The molecule has 0 aromatic rings. The van der Waals surface area contributed by atoms with E-state index >= 15 is 0 Å². The van der Waals surface area contributed by atoms with Crippen molar-refractivity contribution in [2.75, 3.05) is 6.54 Å². The zero-order chi connectivity index (χ0) is 22.9. The van der Waals surface area contributed by atoms with Gasteiger partial charge in [-0.15, -0.1) is 0 Å². The molecule has 0 radical (unpaired) electrons. The Morgan fingerprint density at radius 2 is 1.32 bits per heavy atom. The van der Waals surface area contributed by atoms with Crippen LogP contribution < -0.4 is 0 Å². The van der Waals surface area contributed by atoms with E-state index in [4.69, 9.17) is 5.11 Å². The molecule has 31 heavy (non-hydrogen) atoms. The van der Waals surface area contributed by atoms with Crippen LogP contribution in [0.15, 0.2) is 12.2 Å². The first kappa shape index (κ1) is 27.4. The van der Waals surface area contributed by atoms with Crippen LogP contribution in [-0.4, -0.2) is 34.3 Å². The molecule has 0 bridgehead atoms. The average Bonchev–Trinajstić information content (AvgIpc) is 2.77. The Bertz CT molecular complexity index is 536. The third-order valence-electron chi connectivity index (χ3n) is 6.49. The molecule has 5 nitrogen and oxygen atoms in total. The van der Waals surface area contributed by atoms with Gasteiger partial charge >= 0.3 is 5.97 Å². The second-order valence-electron chi connectivity index (χ2n) is 9.14. The molecular formula is C26H45NO4. The van der Waals surface area contributed by atoms with Crippen molar-refractivity contribution in [2.24, 2.45) is 5.92 Å². The Morgan fingerprint density at radius 3 is 1.81 bits per heavy atom. The minimum atomic E-state index is -0.822. The SMILES string of the molecule is C=C(C(=O)O)C1CCCCC1.CCCCCCCCCCCCN1C(=O)CCCC1=O. The molecule has 1 N–H and O–H groups in total. The summed E-state index contributed by atoms with van der Waals surface area (Å²) >= 11 is 0. The number of imide groups is 1. The zero-order valence-corrected chi connectivity index (χ0v) is 19.8. The van der Waals surface area contributed by atoms with E-state index in [1.165, 1.54) is 62.7 Å². The van der Waals surface area contributed by atoms with E-state index in [2.05, 4.69) is 13.5 Å². The van der Waals surface area contributed by atoms with Crippen LogP contribution in [0.3, 0.4) is 0 Å². The number of unbranched alkanes of at least 4 members (excludes halogenated alkanes) is 9. The molecule has 2 rings (SSSR count). The van der Waals surface area contributed by atoms with Gasteiger partial charge in [0.25, 0.3) is 0 Å². The van der Waals surface area contributed by atoms with Crippen molar-refractivity contribution in [2.45, 2.75) is 122 Å². The normalized spacial score (nSPS) is 17.3. The van der Waals surface area contributed by atoms with Crippen LogP contribution in [0.4, 0.5) is 0 Å². The first-order valence-corrected chi connectivity index (χ1v) is 12.7. The first-order chi connectivity index (χ1) is 15.0. The van der Waals surface area contributed by atoms with Crippen molar-refractivity contribution in [3.8, 4) is 0 Å². The zero-order valence-electron chi connectivity index (χ0n) is 19.8. The van der Waals surface area contributed by atoms with Gasteiger partial charge in [0.15, 0.2) is 0 Å². The van der Waals surface area contributed by atoms with Gasteiger partial charge in [-0.1, -0.05) is 90.6 Å². The standard InChI is InChI=1S/C17H31NO2.C9H14O2/c1-2-3-4-5-6-7-8-9-10-11-15-18-16(19)13-12-14-17(18)20;1-7(9(10)11)8-5-3-2-4-6-8/h2-15H2,1H3;8H,1-6H2,(H,10,11). The summed E-state index contributed by atoms with van der Waals surface area (Å²) in [6.45, 7) is 6.47. The lowest BCUT2D eigenvalue weighted by molar-refractivity contribution is -0.148. The third kappa shape index (κ3) is 12.1. The van der Waals surface area contributed by atoms with E-state index in [-0.39, 0.29) is 17.7 Å². The topological polar surface area (TPSA) is 74.7 Å². The Balaban J connectivity index is 0.000000367. The van der Waals surface area contributed by atoms with E-state index in [1.807, 2.05) is 0 Å². The summed E-state index contributed by atoms with van der Waals surface area (Å²) in [4.78, 5) is 35.2. The molecule has 1 heterocycles. The maximum absolute atomic E-state index is 11.6. The molecule has 0 unspecified atom stereocenters. The van der Waals surface area contributed by atoms with Gasteiger partial charge in [0.1, 0.15) is 0 Å². The number of piperidine rings is 1. The highest BCUT2D eigenvalue weighted by molar-refractivity contribution is 5.97. The minimum Gasteiger partial charge on any atom is -0.478 e. The summed E-state index contributed by atoms with van der Waals surface area (Å²) in [7, 11) is 0. The average molecular weight is 436 g/mol. The van der Waals surface area contributed by atoms with Crippen LogP contribution in [0.2, 0.25) is 0 Å². The molecule has 1 aliphatic carbocycles. The molecule has 1 aliphatic heterocycles. The van der Waals surface area contributed by atoms with Gasteiger partial charge in [0, 0.05) is 25.0 Å². The monoisotopic (exact) mass is 435 g/mol. The third-order valence-corrected chi connectivity index (χ3v) is 6.49. The lowest BCUT2D eigenvalue weighted by Crippen LogP contribution is -2.40. The molecule has 0 aromatic carbocycles. The van der Waals surface area contributed by atoms with E-state index in [0.717, 1.165) is 44.9 Å². The fraction of sp³-hybridized carbons (Fsp3) is 0.808. The number of carbonyl (C=O) groups excluding carboxylic acids is 2. The maximum atomic E-state index is 11.6. The Labute approximate surface area is 189 Å². The van der Waals surface area contributed by atoms with Gasteiger partial charge in [0.2, 0.25) is 11.8 Å². The lowest BCUT2D eigenvalue weighted by Gasteiger charge is -2.24. The molecule has 178 valence electrons. The van der Waals surface area contributed by atoms with Crippen molar-refractivity contribution in [3.63, 3.8) is 0 Å². The summed E-state index contributed by atoms with van der Waals surface area (Å²) in [5.74, 6) is -0.493. The van der Waals surface area contributed by atoms with E-state index < -0.39 is 5.97 Å². The molecule has 0 atom stereocenters. The molecule has 2 fully saturated rings. The number of carbonyl (C=O) groups is 3. The van der Waals surface area contributed by atoms with Crippen LogP contribution in [0, 0.1) is 5.92 Å². The largest absolute Gasteiger partial charge is 0.478 e. The lowest BCUT2D eigenvalue weighted by atomic mass is 9.84. The highest BCUT2D eigenvalue weighted by atomic mass is 16.4. The van der Waals surface area contributed by atoms with Crippen LogP contribution in [-0.2, 0) is 14.4 Å². The second kappa shape index (κ2) is 17.0.